The van der Waals surface area contributed by atoms with Gasteiger partial charge in [0.2, 0.25) is 5.91 Å². The lowest BCUT2D eigenvalue weighted by molar-refractivity contribution is -0.121. The number of rotatable bonds is 19. The molecule has 2 atom stereocenters. The molecule has 0 aromatic carbocycles. The average molecular weight is 370 g/mol. The van der Waals surface area contributed by atoms with Crippen molar-refractivity contribution in [2.24, 2.45) is 0 Å². The van der Waals surface area contributed by atoms with Crippen molar-refractivity contribution in [2.45, 2.75) is 116 Å². The van der Waals surface area contributed by atoms with Gasteiger partial charge in [0.05, 0.1) is 18.8 Å². The predicted molar refractivity (Wildman–Crippen MR) is 108 cm³/mol. The van der Waals surface area contributed by atoms with Gasteiger partial charge in [-0.15, -0.1) is 0 Å². The molecule has 1 aliphatic rings. The molecule has 0 aliphatic carbocycles. The molecule has 1 saturated heterocycles. The molecule has 0 radical (unpaired) electrons. The van der Waals surface area contributed by atoms with Crippen LogP contribution >= 0.6 is 0 Å². The second kappa shape index (κ2) is 16.6. The van der Waals surface area contributed by atoms with Gasteiger partial charge < -0.3 is 14.8 Å². The maximum Gasteiger partial charge on any atom is 0.220 e. The summed E-state index contributed by atoms with van der Waals surface area (Å²) >= 11 is 0. The predicted octanol–water partition coefficient (Wildman–Crippen LogP) is 5.39. The molecule has 0 unspecified atom stereocenters. The minimum atomic E-state index is 0.161. The molecule has 1 N–H and O–H groups in total. The lowest BCUT2D eigenvalue weighted by Gasteiger charge is -2.05. The van der Waals surface area contributed by atoms with Gasteiger partial charge >= 0.3 is 0 Å². The van der Waals surface area contributed by atoms with E-state index in [0.717, 1.165) is 12.8 Å². The van der Waals surface area contributed by atoms with Crippen molar-refractivity contribution in [1.29, 1.82) is 0 Å². The van der Waals surface area contributed by atoms with E-state index < -0.39 is 0 Å². The Bertz CT molecular complexity index is 335. The number of unbranched alkanes of at least 4 members (excludes halogenated alkanes) is 9. The van der Waals surface area contributed by atoms with Crippen molar-refractivity contribution in [3.63, 3.8) is 0 Å². The highest BCUT2D eigenvalue weighted by Crippen LogP contribution is 2.31. The summed E-state index contributed by atoms with van der Waals surface area (Å²) in [5.74, 6) is 0.161. The largest absolute Gasteiger partial charge is 0.380 e. The van der Waals surface area contributed by atoms with Crippen LogP contribution in [0.15, 0.2) is 0 Å². The van der Waals surface area contributed by atoms with Crippen molar-refractivity contribution in [2.75, 3.05) is 19.8 Å². The first-order valence-electron chi connectivity index (χ1n) is 11.3. The molecule has 0 aromatic rings. The van der Waals surface area contributed by atoms with Crippen LogP contribution in [0.5, 0.6) is 0 Å². The van der Waals surface area contributed by atoms with Gasteiger partial charge in [-0.3, -0.25) is 4.79 Å². The smallest absolute Gasteiger partial charge is 0.220 e. The van der Waals surface area contributed by atoms with Crippen molar-refractivity contribution < 1.29 is 14.3 Å². The average Bonchev–Trinajstić information content (AvgIpc) is 3.39. The van der Waals surface area contributed by atoms with E-state index in [-0.39, 0.29) is 5.91 Å². The molecule has 1 fully saturated rings. The normalized spacial score (nSPS) is 18.8. The molecule has 0 saturated carbocycles. The number of ether oxygens (including phenoxy) is 2. The van der Waals surface area contributed by atoms with Crippen LogP contribution in [-0.2, 0) is 14.3 Å². The highest BCUT2D eigenvalue weighted by molar-refractivity contribution is 5.75. The van der Waals surface area contributed by atoms with Crippen molar-refractivity contribution >= 4 is 5.91 Å². The van der Waals surface area contributed by atoms with Gasteiger partial charge in [-0.2, -0.15) is 0 Å². The highest BCUT2D eigenvalue weighted by atomic mass is 16.6. The van der Waals surface area contributed by atoms with Crippen molar-refractivity contribution in [3.8, 4) is 0 Å². The van der Waals surface area contributed by atoms with Gasteiger partial charge in [-0.05, 0) is 26.2 Å². The standard InChI is InChI=1S/C22H43NO3/c1-3-5-6-7-9-12-15-20-21(26-20)16-13-10-8-11-14-17-22(24)23-18-19-25-4-2/h20-21H,3-19H2,1-2H3,(H,23,24)/t20-,21+/m1/s1. The third kappa shape index (κ3) is 13.6. The first-order valence-corrected chi connectivity index (χ1v) is 11.3. The molecule has 26 heavy (non-hydrogen) atoms. The van der Waals surface area contributed by atoms with Crippen LogP contribution in [0.1, 0.15) is 104 Å². The van der Waals surface area contributed by atoms with Crippen LogP contribution in [0.2, 0.25) is 0 Å². The fraction of sp³-hybridized carbons (Fsp3) is 0.955. The maximum atomic E-state index is 11.6. The summed E-state index contributed by atoms with van der Waals surface area (Å²) in [5.41, 5.74) is 0. The Labute approximate surface area is 161 Å². The first kappa shape index (κ1) is 23.4. The molecule has 4 nitrogen and oxygen atoms in total. The molecule has 154 valence electrons. The molecule has 0 aromatic heterocycles. The Hall–Kier alpha value is -0.610. The van der Waals surface area contributed by atoms with Gasteiger partial charge in [-0.25, -0.2) is 0 Å². The number of hydrogen-bond donors (Lipinski definition) is 1. The summed E-state index contributed by atoms with van der Waals surface area (Å²) in [6.45, 7) is 6.19. The number of nitrogens with one attached hydrogen (secondary N) is 1. The van der Waals surface area contributed by atoms with Crippen LogP contribution in [0.4, 0.5) is 0 Å². The van der Waals surface area contributed by atoms with Gasteiger partial charge in [0.15, 0.2) is 0 Å². The van der Waals surface area contributed by atoms with Gasteiger partial charge in [0.1, 0.15) is 0 Å². The van der Waals surface area contributed by atoms with E-state index in [4.69, 9.17) is 9.47 Å². The van der Waals surface area contributed by atoms with E-state index in [2.05, 4.69) is 12.2 Å². The SMILES string of the molecule is CCCCCCCC[C@H]1O[C@H]1CCCCCCCC(=O)NCCOCC. The Morgan fingerprint density at radius 3 is 2.04 bits per heavy atom. The third-order valence-corrected chi connectivity index (χ3v) is 5.20. The molecule has 1 heterocycles. The monoisotopic (exact) mass is 369 g/mol. The first-order chi connectivity index (χ1) is 12.8. The van der Waals surface area contributed by atoms with Crippen molar-refractivity contribution in [3.05, 3.63) is 0 Å². The molecule has 0 spiro atoms. The van der Waals surface area contributed by atoms with Crippen LogP contribution in [0, 0.1) is 0 Å². The van der Waals surface area contributed by atoms with Crippen LogP contribution in [0.3, 0.4) is 0 Å². The van der Waals surface area contributed by atoms with E-state index in [1.165, 1.54) is 70.6 Å². The van der Waals surface area contributed by atoms with Crippen LogP contribution in [0.25, 0.3) is 0 Å². The van der Waals surface area contributed by atoms with E-state index in [1.807, 2.05) is 6.92 Å². The van der Waals surface area contributed by atoms with E-state index in [0.29, 0.717) is 38.4 Å². The molecular formula is C22H43NO3. The van der Waals surface area contributed by atoms with Gasteiger partial charge in [0.25, 0.3) is 0 Å². The Kier molecular flexibility index (Phi) is 14.9. The summed E-state index contributed by atoms with van der Waals surface area (Å²) in [6.07, 6.45) is 18.5. The van der Waals surface area contributed by atoms with Crippen LogP contribution in [-0.4, -0.2) is 37.9 Å². The third-order valence-electron chi connectivity index (χ3n) is 5.20. The zero-order valence-electron chi connectivity index (χ0n) is 17.4. The Balaban J connectivity index is 1.77. The van der Waals surface area contributed by atoms with E-state index in [1.54, 1.807) is 0 Å². The Morgan fingerprint density at radius 1 is 0.846 bits per heavy atom. The maximum absolute atomic E-state index is 11.6. The zero-order chi connectivity index (χ0) is 18.9. The lowest BCUT2D eigenvalue weighted by Crippen LogP contribution is -2.26. The summed E-state index contributed by atoms with van der Waals surface area (Å²) in [7, 11) is 0. The summed E-state index contributed by atoms with van der Waals surface area (Å²) < 4.78 is 11.0. The molecule has 1 aliphatic heterocycles. The highest BCUT2D eigenvalue weighted by Gasteiger charge is 2.36. The van der Waals surface area contributed by atoms with E-state index in [9.17, 15) is 4.79 Å². The number of epoxide rings is 1. The molecular weight excluding hydrogens is 326 g/mol. The van der Waals surface area contributed by atoms with Crippen molar-refractivity contribution in [1.82, 2.24) is 5.32 Å². The quantitative estimate of drug-likeness (QED) is 0.245. The Morgan fingerprint density at radius 2 is 1.42 bits per heavy atom. The summed E-state index contributed by atoms with van der Waals surface area (Å²) in [6, 6.07) is 0. The molecule has 1 rings (SSSR count). The molecule has 1 amide bonds. The lowest BCUT2D eigenvalue weighted by atomic mass is 10.0. The number of carbonyl (C=O) groups is 1. The summed E-state index contributed by atoms with van der Waals surface area (Å²) in [5, 5.41) is 2.90. The second-order valence-corrected chi connectivity index (χ2v) is 7.62. The minimum Gasteiger partial charge on any atom is -0.380 e. The molecule has 4 heteroatoms. The topological polar surface area (TPSA) is 50.9 Å². The van der Waals surface area contributed by atoms with Crippen LogP contribution < -0.4 is 5.32 Å². The fourth-order valence-electron chi connectivity index (χ4n) is 3.47. The number of hydrogen-bond acceptors (Lipinski definition) is 3. The number of carbonyl (C=O) groups excluding carboxylic acids is 1. The molecule has 0 bridgehead atoms. The summed E-state index contributed by atoms with van der Waals surface area (Å²) in [4.78, 5) is 11.6. The minimum absolute atomic E-state index is 0.161. The second-order valence-electron chi connectivity index (χ2n) is 7.62. The van der Waals surface area contributed by atoms with E-state index >= 15 is 0 Å². The fourth-order valence-corrected chi connectivity index (χ4v) is 3.47. The van der Waals surface area contributed by atoms with Gasteiger partial charge in [-0.1, -0.05) is 71.1 Å². The zero-order valence-corrected chi connectivity index (χ0v) is 17.4. The number of amides is 1. The van der Waals surface area contributed by atoms with Gasteiger partial charge in [0, 0.05) is 19.6 Å².